The van der Waals surface area contributed by atoms with E-state index in [1.165, 1.54) is 19.2 Å². The van der Waals surface area contributed by atoms with Gasteiger partial charge in [0, 0.05) is 14.8 Å². The minimum atomic E-state index is -0.622. The number of rotatable bonds is 6. The molecule has 2 amide bonds. The van der Waals surface area contributed by atoms with Gasteiger partial charge in [0.05, 0.1) is 18.6 Å². The Bertz CT molecular complexity index is 1200. The van der Waals surface area contributed by atoms with Gasteiger partial charge < -0.3 is 9.15 Å². The van der Waals surface area contributed by atoms with E-state index >= 15 is 0 Å². The van der Waals surface area contributed by atoms with E-state index in [0.717, 1.165) is 32.0 Å². The van der Waals surface area contributed by atoms with E-state index in [9.17, 15) is 14.4 Å². The molecule has 1 fully saturated rings. The number of imide groups is 1. The molecule has 0 atom stereocenters. The standard InChI is InChI=1S/C23H16ClNO5S2/c1-29-22(27)19-11-6-16(30-19)13-25-21(26)20(32-23(25)28)12-14-2-7-17(8-3-14)31-18-9-4-15(24)5-10-18/h2-12H,13H2,1H3/b20-12+. The smallest absolute Gasteiger partial charge is 0.373 e. The second-order valence-electron chi connectivity index (χ2n) is 6.65. The Morgan fingerprint density at radius 3 is 2.38 bits per heavy atom. The number of ether oxygens (including phenoxy) is 1. The van der Waals surface area contributed by atoms with Crippen LogP contribution in [0.1, 0.15) is 21.9 Å². The molecule has 9 heteroatoms. The van der Waals surface area contributed by atoms with Crippen molar-refractivity contribution < 1.29 is 23.5 Å². The van der Waals surface area contributed by atoms with Gasteiger partial charge >= 0.3 is 5.97 Å². The van der Waals surface area contributed by atoms with E-state index < -0.39 is 17.1 Å². The number of carbonyl (C=O) groups excluding carboxylic acids is 3. The van der Waals surface area contributed by atoms with Crippen LogP contribution in [0, 0.1) is 0 Å². The first-order valence-corrected chi connectivity index (χ1v) is 11.4. The summed E-state index contributed by atoms with van der Waals surface area (Å²) in [5.41, 5.74) is 0.807. The highest BCUT2D eigenvalue weighted by atomic mass is 35.5. The van der Waals surface area contributed by atoms with Gasteiger partial charge in [0.1, 0.15) is 5.76 Å². The topological polar surface area (TPSA) is 76.8 Å². The van der Waals surface area contributed by atoms with E-state index in [-0.39, 0.29) is 12.3 Å². The molecular weight excluding hydrogens is 470 g/mol. The van der Waals surface area contributed by atoms with Crippen LogP contribution in [-0.4, -0.2) is 29.1 Å². The predicted molar refractivity (Wildman–Crippen MR) is 124 cm³/mol. The molecule has 0 N–H and O–H groups in total. The molecule has 32 heavy (non-hydrogen) atoms. The van der Waals surface area contributed by atoms with Crippen molar-refractivity contribution in [3.8, 4) is 0 Å². The molecular formula is C23H16ClNO5S2. The van der Waals surface area contributed by atoms with Gasteiger partial charge in [0.2, 0.25) is 5.76 Å². The Hall–Kier alpha value is -2.94. The van der Waals surface area contributed by atoms with Gasteiger partial charge in [-0.1, -0.05) is 35.5 Å². The van der Waals surface area contributed by atoms with Crippen molar-refractivity contribution in [3.63, 3.8) is 0 Å². The Morgan fingerprint density at radius 1 is 1.06 bits per heavy atom. The molecule has 1 aromatic heterocycles. The van der Waals surface area contributed by atoms with Gasteiger partial charge in [-0.25, -0.2) is 4.79 Å². The number of thioether (sulfide) groups is 1. The maximum Gasteiger partial charge on any atom is 0.373 e. The Labute approximate surface area is 197 Å². The maximum absolute atomic E-state index is 12.7. The SMILES string of the molecule is COC(=O)c1ccc(CN2C(=O)S/C(=C/c3ccc(Sc4ccc(Cl)cc4)cc3)C2=O)o1. The van der Waals surface area contributed by atoms with Gasteiger partial charge in [-0.05, 0) is 71.9 Å². The minimum Gasteiger partial charge on any atom is -0.463 e. The van der Waals surface area contributed by atoms with Gasteiger partial charge in [-0.2, -0.15) is 0 Å². The van der Waals surface area contributed by atoms with Gasteiger partial charge in [-0.15, -0.1) is 0 Å². The number of hydrogen-bond donors (Lipinski definition) is 0. The molecule has 1 aliphatic rings. The van der Waals surface area contributed by atoms with Crippen molar-refractivity contribution in [1.82, 2.24) is 4.90 Å². The maximum atomic E-state index is 12.7. The summed E-state index contributed by atoms with van der Waals surface area (Å²) < 4.78 is 9.95. The zero-order valence-corrected chi connectivity index (χ0v) is 19.1. The molecule has 1 saturated heterocycles. The number of benzene rings is 2. The molecule has 0 bridgehead atoms. The van der Waals surface area contributed by atoms with Crippen LogP contribution in [0.15, 0.2) is 79.8 Å². The van der Waals surface area contributed by atoms with Gasteiger partial charge in [0.15, 0.2) is 0 Å². The third-order valence-electron chi connectivity index (χ3n) is 4.46. The molecule has 2 heterocycles. The van der Waals surface area contributed by atoms with E-state index in [1.807, 2.05) is 48.5 Å². The fraction of sp³-hybridized carbons (Fsp3) is 0.0870. The first-order valence-electron chi connectivity index (χ1n) is 9.39. The van der Waals surface area contributed by atoms with Crippen LogP contribution in [-0.2, 0) is 16.1 Å². The highest BCUT2D eigenvalue weighted by Crippen LogP contribution is 2.34. The summed E-state index contributed by atoms with van der Waals surface area (Å²) in [6.07, 6.45) is 1.68. The second-order valence-corrected chi connectivity index (χ2v) is 9.23. The monoisotopic (exact) mass is 485 g/mol. The van der Waals surface area contributed by atoms with Crippen molar-refractivity contribution in [1.29, 1.82) is 0 Å². The van der Waals surface area contributed by atoms with Crippen molar-refractivity contribution in [2.45, 2.75) is 16.3 Å². The summed E-state index contributed by atoms with van der Waals surface area (Å²) in [5.74, 6) is -0.697. The van der Waals surface area contributed by atoms with Crippen molar-refractivity contribution >= 4 is 58.3 Å². The first kappa shape index (κ1) is 22.3. The number of amides is 2. The van der Waals surface area contributed by atoms with Crippen LogP contribution in [0.4, 0.5) is 4.79 Å². The highest BCUT2D eigenvalue weighted by Gasteiger charge is 2.35. The minimum absolute atomic E-state index is 0.0153. The molecule has 0 radical (unpaired) electrons. The summed E-state index contributed by atoms with van der Waals surface area (Å²) in [5, 5.41) is 0.293. The van der Waals surface area contributed by atoms with Crippen LogP contribution >= 0.6 is 35.1 Å². The van der Waals surface area contributed by atoms with Crippen molar-refractivity contribution in [2.75, 3.05) is 7.11 Å². The summed E-state index contributed by atoms with van der Waals surface area (Å²) in [4.78, 5) is 40.1. The van der Waals surface area contributed by atoms with Gasteiger partial charge in [-0.3, -0.25) is 14.5 Å². The summed E-state index contributed by atoms with van der Waals surface area (Å²) in [6.45, 7) is -0.0599. The third-order valence-corrected chi connectivity index (χ3v) is 6.64. The number of carbonyl (C=O) groups is 3. The van der Waals surface area contributed by atoms with Crippen LogP contribution < -0.4 is 0 Å². The molecule has 0 aliphatic carbocycles. The molecule has 0 unspecified atom stereocenters. The van der Waals surface area contributed by atoms with E-state index in [4.69, 9.17) is 16.0 Å². The fourth-order valence-electron chi connectivity index (χ4n) is 2.89. The average Bonchev–Trinajstić information content (AvgIpc) is 3.37. The normalized spacial score (nSPS) is 14.9. The van der Waals surface area contributed by atoms with Crippen LogP contribution in [0.25, 0.3) is 6.08 Å². The molecule has 3 aromatic rings. The van der Waals surface area contributed by atoms with Crippen molar-refractivity contribution in [3.05, 3.63) is 87.7 Å². The molecule has 0 spiro atoms. The quantitative estimate of drug-likeness (QED) is 0.308. The number of nitrogens with zero attached hydrogens (tertiary/aromatic N) is 1. The Balaban J connectivity index is 1.43. The largest absolute Gasteiger partial charge is 0.463 e. The number of hydrogen-bond acceptors (Lipinski definition) is 7. The molecule has 4 rings (SSSR count). The van der Waals surface area contributed by atoms with E-state index in [2.05, 4.69) is 4.74 Å². The molecule has 1 aliphatic heterocycles. The first-order chi connectivity index (χ1) is 15.4. The summed E-state index contributed by atoms with van der Waals surface area (Å²) >= 11 is 8.39. The van der Waals surface area contributed by atoms with Crippen LogP contribution in [0.5, 0.6) is 0 Å². The lowest BCUT2D eigenvalue weighted by Gasteiger charge is -2.09. The lowest BCUT2D eigenvalue weighted by atomic mass is 10.2. The van der Waals surface area contributed by atoms with Crippen LogP contribution in [0.3, 0.4) is 0 Å². The zero-order valence-electron chi connectivity index (χ0n) is 16.7. The number of halogens is 1. The lowest BCUT2D eigenvalue weighted by Crippen LogP contribution is -2.27. The Kier molecular flexibility index (Phi) is 6.74. The number of furan rings is 1. The number of methoxy groups -OCH3 is 1. The molecule has 2 aromatic carbocycles. The Morgan fingerprint density at radius 2 is 1.72 bits per heavy atom. The number of esters is 1. The second kappa shape index (κ2) is 9.68. The summed E-state index contributed by atoms with van der Waals surface area (Å²) in [7, 11) is 1.24. The lowest BCUT2D eigenvalue weighted by molar-refractivity contribution is -0.123. The fourth-order valence-corrected chi connectivity index (χ4v) is 4.67. The van der Waals surface area contributed by atoms with Crippen LogP contribution in [0.2, 0.25) is 5.02 Å². The molecule has 6 nitrogen and oxygen atoms in total. The third kappa shape index (κ3) is 5.09. The van der Waals surface area contributed by atoms with E-state index in [0.29, 0.717) is 15.7 Å². The highest BCUT2D eigenvalue weighted by molar-refractivity contribution is 8.18. The van der Waals surface area contributed by atoms with Gasteiger partial charge in [0.25, 0.3) is 11.1 Å². The summed E-state index contributed by atoms with van der Waals surface area (Å²) in [6, 6.07) is 18.2. The predicted octanol–water partition coefficient (Wildman–Crippen LogP) is 6.11. The molecule has 162 valence electrons. The molecule has 0 saturated carbocycles. The van der Waals surface area contributed by atoms with Crippen molar-refractivity contribution in [2.24, 2.45) is 0 Å². The van der Waals surface area contributed by atoms with E-state index in [1.54, 1.807) is 17.8 Å². The zero-order chi connectivity index (χ0) is 22.7. The average molecular weight is 486 g/mol.